The van der Waals surface area contributed by atoms with Gasteiger partial charge >= 0.3 is 0 Å². The van der Waals surface area contributed by atoms with Crippen molar-refractivity contribution in [1.82, 2.24) is 5.32 Å². The third-order valence-electron chi connectivity index (χ3n) is 3.13. The van der Waals surface area contributed by atoms with Crippen molar-refractivity contribution in [2.75, 3.05) is 26.9 Å². The van der Waals surface area contributed by atoms with Gasteiger partial charge in [-0.1, -0.05) is 0 Å². The van der Waals surface area contributed by atoms with Crippen molar-refractivity contribution in [2.45, 2.75) is 26.0 Å². The SMILES string of the molecule is CNCc1occc1COCC1CCOCC1. The van der Waals surface area contributed by atoms with Gasteiger partial charge in [-0.05, 0) is 31.9 Å². The molecule has 2 heterocycles. The summed E-state index contributed by atoms with van der Waals surface area (Å²) in [6.45, 7) is 3.98. The molecule has 0 amide bonds. The number of rotatable bonds is 6. The molecule has 0 spiro atoms. The molecule has 1 fully saturated rings. The standard InChI is InChI=1S/C13H21NO3/c1-14-8-13-12(4-7-17-13)10-16-9-11-2-5-15-6-3-11/h4,7,11,14H,2-3,5-6,8-10H2,1H3. The Bertz CT molecular complexity index is 318. The molecule has 17 heavy (non-hydrogen) atoms. The summed E-state index contributed by atoms with van der Waals surface area (Å²) in [7, 11) is 1.91. The molecule has 0 saturated carbocycles. The Morgan fingerprint density at radius 2 is 2.24 bits per heavy atom. The van der Waals surface area contributed by atoms with Crippen LogP contribution in [-0.2, 0) is 22.6 Å². The van der Waals surface area contributed by atoms with Crippen LogP contribution in [0.1, 0.15) is 24.2 Å². The maximum absolute atomic E-state index is 5.76. The Morgan fingerprint density at radius 1 is 1.41 bits per heavy atom. The zero-order valence-electron chi connectivity index (χ0n) is 10.4. The topological polar surface area (TPSA) is 43.6 Å². The number of ether oxygens (including phenoxy) is 2. The van der Waals surface area contributed by atoms with Crippen LogP contribution in [0, 0.1) is 5.92 Å². The molecule has 0 atom stereocenters. The van der Waals surface area contributed by atoms with Crippen molar-refractivity contribution in [3.8, 4) is 0 Å². The average Bonchev–Trinajstić information content (AvgIpc) is 2.79. The van der Waals surface area contributed by atoms with Gasteiger partial charge in [0.15, 0.2) is 0 Å². The molecule has 1 N–H and O–H groups in total. The fourth-order valence-electron chi connectivity index (χ4n) is 2.06. The molecule has 1 aliphatic rings. The lowest BCUT2D eigenvalue weighted by Gasteiger charge is -2.21. The van der Waals surface area contributed by atoms with Crippen LogP contribution in [0.3, 0.4) is 0 Å². The minimum Gasteiger partial charge on any atom is -0.468 e. The molecule has 1 aromatic heterocycles. The monoisotopic (exact) mass is 239 g/mol. The second-order valence-electron chi connectivity index (χ2n) is 4.47. The van der Waals surface area contributed by atoms with Crippen LogP contribution in [0.25, 0.3) is 0 Å². The van der Waals surface area contributed by atoms with E-state index in [1.54, 1.807) is 6.26 Å². The quantitative estimate of drug-likeness (QED) is 0.824. The van der Waals surface area contributed by atoms with E-state index in [0.717, 1.165) is 50.5 Å². The fourth-order valence-corrected chi connectivity index (χ4v) is 2.06. The Kier molecular flexibility index (Phi) is 5.04. The molecular weight excluding hydrogens is 218 g/mol. The average molecular weight is 239 g/mol. The van der Waals surface area contributed by atoms with Gasteiger partial charge < -0.3 is 19.2 Å². The summed E-state index contributed by atoms with van der Waals surface area (Å²) in [5.74, 6) is 1.63. The third-order valence-corrected chi connectivity index (χ3v) is 3.13. The Hall–Kier alpha value is -0.840. The minimum atomic E-state index is 0.644. The van der Waals surface area contributed by atoms with Crippen LogP contribution in [0.4, 0.5) is 0 Å². The van der Waals surface area contributed by atoms with E-state index in [1.807, 2.05) is 13.1 Å². The molecule has 4 nitrogen and oxygen atoms in total. The smallest absolute Gasteiger partial charge is 0.123 e. The summed E-state index contributed by atoms with van der Waals surface area (Å²) in [4.78, 5) is 0. The second-order valence-corrected chi connectivity index (χ2v) is 4.47. The van der Waals surface area contributed by atoms with E-state index in [9.17, 15) is 0 Å². The first-order valence-electron chi connectivity index (χ1n) is 6.25. The molecule has 1 aliphatic heterocycles. The molecule has 0 bridgehead atoms. The zero-order chi connectivity index (χ0) is 11.9. The Balaban J connectivity index is 1.71. The van der Waals surface area contributed by atoms with E-state index in [4.69, 9.17) is 13.9 Å². The van der Waals surface area contributed by atoms with Gasteiger partial charge in [0, 0.05) is 18.8 Å². The molecule has 1 aromatic rings. The number of nitrogens with one attached hydrogen (secondary N) is 1. The van der Waals surface area contributed by atoms with Gasteiger partial charge in [0.05, 0.1) is 26.0 Å². The van der Waals surface area contributed by atoms with E-state index < -0.39 is 0 Å². The van der Waals surface area contributed by atoms with Crippen LogP contribution < -0.4 is 5.32 Å². The van der Waals surface area contributed by atoms with Crippen molar-refractivity contribution in [1.29, 1.82) is 0 Å². The largest absolute Gasteiger partial charge is 0.468 e. The number of hydrogen-bond acceptors (Lipinski definition) is 4. The third kappa shape index (κ3) is 3.84. The van der Waals surface area contributed by atoms with Crippen LogP contribution in [0.2, 0.25) is 0 Å². The Labute approximate surface area is 102 Å². The predicted octanol–water partition coefficient (Wildman–Crippen LogP) is 1.94. The highest BCUT2D eigenvalue weighted by atomic mass is 16.5. The van der Waals surface area contributed by atoms with Crippen molar-refractivity contribution >= 4 is 0 Å². The van der Waals surface area contributed by atoms with E-state index in [0.29, 0.717) is 12.5 Å². The lowest BCUT2D eigenvalue weighted by Crippen LogP contribution is -2.20. The lowest BCUT2D eigenvalue weighted by molar-refractivity contribution is 0.0154. The first kappa shape index (κ1) is 12.6. The summed E-state index contributed by atoms with van der Waals surface area (Å²) in [6, 6.07) is 1.98. The predicted molar refractivity (Wildman–Crippen MR) is 64.7 cm³/mol. The highest BCUT2D eigenvalue weighted by Crippen LogP contribution is 2.17. The molecule has 1 saturated heterocycles. The number of hydrogen-bond donors (Lipinski definition) is 1. The van der Waals surface area contributed by atoms with Crippen LogP contribution in [0.5, 0.6) is 0 Å². The molecule has 0 radical (unpaired) electrons. The molecule has 0 aliphatic carbocycles. The van der Waals surface area contributed by atoms with Crippen LogP contribution in [0.15, 0.2) is 16.7 Å². The maximum Gasteiger partial charge on any atom is 0.123 e. The van der Waals surface area contributed by atoms with E-state index in [-0.39, 0.29) is 0 Å². The molecule has 0 aromatic carbocycles. The van der Waals surface area contributed by atoms with E-state index >= 15 is 0 Å². The fraction of sp³-hybridized carbons (Fsp3) is 0.692. The Morgan fingerprint density at radius 3 is 3.00 bits per heavy atom. The molecule has 96 valence electrons. The lowest BCUT2D eigenvalue weighted by atomic mass is 10.0. The van der Waals surface area contributed by atoms with Gasteiger partial charge in [-0.3, -0.25) is 0 Å². The van der Waals surface area contributed by atoms with Gasteiger partial charge in [0.2, 0.25) is 0 Å². The van der Waals surface area contributed by atoms with E-state index in [2.05, 4.69) is 5.32 Å². The highest BCUT2D eigenvalue weighted by molar-refractivity contribution is 5.15. The molecular formula is C13H21NO3. The summed E-state index contributed by atoms with van der Waals surface area (Å²) in [5, 5.41) is 3.08. The van der Waals surface area contributed by atoms with Crippen molar-refractivity contribution in [2.24, 2.45) is 5.92 Å². The first-order valence-corrected chi connectivity index (χ1v) is 6.25. The first-order chi connectivity index (χ1) is 8.40. The van der Waals surface area contributed by atoms with Gasteiger partial charge in [-0.2, -0.15) is 0 Å². The number of furan rings is 1. The summed E-state index contributed by atoms with van der Waals surface area (Å²) >= 11 is 0. The maximum atomic E-state index is 5.76. The van der Waals surface area contributed by atoms with E-state index in [1.165, 1.54) is 0 Å². The van der Waals surface area contributed by atoms with Gasteiger partial charge in [0.25, 0.3) is 0 Å². The zero-order valence-corrected chi connectivity index (χ0v) is 10.4. The van der Waals surface area contributed by atoms with Crippen LogP contribution >= 0.6 is 0 Å². The van der Waals surface area contributed by atoms with Crippen molar-refractivity contribution in [3.05, 3.63) is 23.7 Å². The normalized spacial score (nSPS) is 17.5. The van der Waals surface area contributed by atoms with Crippen molar-refractivity contribution in [3.63, 3.8) is 0 Å². The van der Waals surface area contributed by atoms with Gasteiger partial charge in [-0.15, -0.1) is 0 Å². The molecule has 4 heteroatoms. The highest BCUT2D eigenvalue weighted by Gasteiger charge is 2.14. The van der Waals surface area contributed by atoms with Crippen LogP contribution in [-0.4, -0.2) is 26.9 Å². The second kappa shape index (κ2) is 6.79. The molecule has 2 rings (SSSR count). The summed E-state index contributed by atoms with van der Waals surface area (Å²) < 4.78 is 16.5. The summed E-state index contributed by atoms with van der Waals surface area (Å²) in [5.41, 5.74) is 1.14. The van der Waals surface area contributed by atoms with Crippen molar-refractivity contribution < 1.29 is 13.9 Å². The minimum absolute atomic E-state index is 0.644. The van der Waals surface area contributed by atoms with Gasteiger partial charge in [-0.25, -0.2) is 0 Å². The summed E-state index contributed by atoms with van der Waals surface area (Å²) in [6.07, 6.45) is 3.96. The molecule has 0 unspecified atom stereocenters. The van der Waals surface area contributed by atoms with Gasteiger partial charge in [0.1, 0.15) is 5.76 Å².